The molecule has 1 unspecified atom stereocenters. The summed E-state index contributed by atoms with van der Waals surface area (Å²) in [7, 11) is 0. The lowest BCUT2D eigenvalue weighted by molar-refractivity contribution is 0.138. The summed E-state index contributed by atoms with van der Waals surface area (Å²) in [5, 5.41) is 0. The highest BCUT2D eigenvalue weighted by Crippen LogP contribution is 2.48. The van der Waals surface area contributed by atoms with Crippen molar-refractivity contribution in [1.82, 2.24) is 0 Å². The molecule has 0 amide bonds. The van der Waals surface area contributed by atoms with Crippen LogP contribution in [0.15, 0.2) is 36.0 Å². The topological polar surface area (TPSA) is 0 Å². The second-order valence-corrected chi connectivity index (χ2v) is 10.7. The minimum absolute atomic E-state index is 0.0821. The molecule has 0 aromatic heterocycles. The Bertz CT molecular complexity index is 621. The molecule has 0 aliphatic heterocycles. The van der Waals surface area contributed by atoms with Crippen LogP contribution in [0.4, 0.5) is 8.78 Å². The average molecular weight is 403 g/mol. The third-order valence-corrected chi connectivity index (χ3v) is 8.99. The molecule has 162 valence electrons. The van der Waals surface area contributed by atoms with Gasteiger partial charge in [0.05, 0.1) is 0 Å². The van der Waals surface area contributed by atoms with Crippen molar-refractivity contribution < 1.29 is 8.78 Å². The Balaban J connectivity index is 1.30. The fourth-order valence-electron chi connectivity index (χ4n) is 6.95. The fourth-order valence-corrected chi connectivity index (χ4v) is 6.95. The van der Waals surface area contributed by atoms with Crippen molar-refractivity contribution in [2.75, 3.05) is 0 Å². The monoisotopic (exact) mass is 402 g/mol. The van der Waals surface area contributed by atoms with Crippen molar-refractivity contribution in [3.05, 3.63) is 36.0 Å². The summed E-state index contributed by atoms with van der Waals surface area (Å²) in [5.74, 6) is 3.48. The van der Waals surface area contributed by atoms with Crippen molar-refractivity contribution in [2.24, 2.45) is 41.4 Å². The molecular formula is C27H40F2. The van der Waals surface area contributed by atoms with E-state index < -0.39 is 0 Å². The van der Waals surface area contributed by atoms with Gasteiger partial charge >= 0.3 is 0 Å². The van der Waals surface area contributed by atoms with Gasteiger partial charge in [-0.1, -0.05) is 25.8 Å². The van der Waals surface area contributed by atoms with Crippen LogP contribution in [0.25, 0.3) is 0 Å². The first-order valence-corrected chi connectivity index (χ1v) is 12.4. The first kappa shape index (κ1) is 21.3. The largest absolute Gasteiger partial charge is 0.211 e. The molecule has 0 N–H and O–H groups in total. The maximum absolute atomic E-state index is 15.0. The van der Waals surface area contributed by atoms with Crippen molar-refractivity contribution in [2.45, 2.75) is 90.4 Å². The second-order valence-electron chi connectivity index (χ2n) is 10.7. The third-order valence-electron chi connectivity index (χ3n) is 8.99. The maximum atomic E-state index is 15.0. The van der Waals surface area contributed by atoms with Crippen LogP contribution in [0, 0.1) is 41.4 Å². The van der Waals surface area contributed by atoms with Gasteiger partial charge in [0.1, 0.15) is 11.7 Å². The normalized spacial score (nSPS) is 41.8. The van der Waals surface area contributed by atoms with Crippen LogP contribution in [0.3, 0.4) is 0 Å². The van der Waals surface area contributed by atoms with Crippen LogP contribution in [-0.2, 0) is 0 Å². The van der Waals surface area contributed by atoms with Gasteiger partial charge in [-0.05, 0) is 112 Å². The van der Waals surface area contributed by atoms with Crippen LogP contribution in [0.1, 0.15) is 90.4 Å². The minimum Gasteiger partial charge on any atom is -0.211 e. The molecular weight excluding hydrogens is 362 g/mol. The fraction of sp³-hybridized carbons (Fsp3) is 0.778. The van der Waals surface area contributed by atoms with E-state index in [1.807, 2.05) is 6.08 Å². The lowest BCUT2D eigenvalue weighted by atomic mass is 9.66. The molecule has 29 heavy (non-hydrogen) atoms. The molecule has 0 radical (unpaired) electrons. The number of allylic oxidation sites excluding steroid dienone is 5. The van der Waals surface area contributed by atoms with E-state index in [1.54, 1.807) is 0 Å². The van der Waals surface area contributed by atoms with Gasteiger partial charge in [0.25, 0.3) is 0 Å². The molecule has 4 aliphatic carbocycles. The van der Waals surface area contributed by atoms with Crippen molar-refractivity contribution in [3.63, 3.8) is 0 Å². The molecule has 0 bridgehead atoms. The van der Waals surface area contributed by atoms with Crippen LogP contribution in [0.5, 0.6) is 0 Å². The average Bonchev–Trinajstić information content (AvgIpc) is 2.75. The lowest BCUT2D eigenvalue weighted by Gasteiger charge is -2.39. The van der Waals surface area contributed by atoms with Crippen LogP contribution < -0.4 is 0 Å². The minimum atomic E-state index is -0.219. The first-order valence-electron chi connectivity index (χ1n) is 12.4. The second kappa shape index (κ2) is 9.48. The summed E-state index contributed by atoms with van der Waals surface area (Å²) in [6.07, 6.45) is 18.7. The number of rotatable bonds is 4. The zero-order valence-electron chi connectivity index (χ0n) is 18.4. The van der Waals surface area contributed by atoms with Gasteiger partial charge in [0.15, 0.2) is 0 Å². The Morgan fingerprint density at radius 3 is 1.90 bits per heavy atom. The highest BCUT2D eigenvalue weighted by Gasteiger charge is 2.36. The molecule has 0 heterocycles. The Kier molecular flexibility index (Phi) is 6.97. The quantitative estimate of drug-likeness (QED) is 0.412. The van der Waals surface area contributed by atoms with Gasteiger partial charge in [-0.25, -0.2) is 8.78 Å². The van der Waals surface area contributed by atoms with E-state index in [4.69, 9.17) is 0 Å². The van der Waals surface area contributed by atoms with E-state index in [-0.39, 0.29) is 23.5 Å². The number of hydrogen-bond donors (Lipinski definition) is 0. The molecule has 0 spiro atoms. The SMILES string of the molecule is C=CC1CCC(C2CCC(C3C=C(F)C(C4CCC(C)CC4)=C(F)C3)CC2)CC1. The summed E-state index contributed by atoms with van der Waals surface area (Å²) >= 11 is 0. The number of hydrogen-bond acceptors (Lipinski definition) is 0. The molecule has 3 saturated carbocycles. The molecule has 0 aromatic carbocycles. The van der Waals surface area contributed by atoms with Crippen molar-refractivity contribution in [3.8, 4) is 0 Å². The van der Waals surface area contributed by atoms with Gasteiger partial charge in [0, 0.05) is 12.0 Å². The molecule has 4 aliphatic rings. The maximum Gasteiger partial charge on any atom is 0.125 e. The van der Waals surface area contributed by atoms with E-state index in [0.29, 0.717) is 23.8 Å². The number of halogens is 2. The zero-order chi connectivity index (χ0) is 20.4. The predicted octanol–water partition coefficient (Wildman–Crippen LogP) is 8.71. The molecule has 3 fully saturated rings. The lowest BCUT2D eigenvalue weighted by Crippen LogP contribution is -2.28. The van der Waals surface area contributed by atoms with Crippen molar-refractivity contribution in [1.29, 1.82) is 0 Å². The van der Waals surface area contributed by atoms with Gasteiger partial charge in [-0.3, -0.25) is 0 Å². The van der Waals surface area contributed by atoms with E-state index in [9.17, 15) is 4.39 Å². The van der Waals surface area contributed by atoms with Gasteiger partial charge < -0.3 is 0 Å². The van der Waals surface area contributed by atoms with Gasteiger partial charge in [-0.2, -0.15) is 0 Å². The van der Waals surface area contributed by atoms with Crippen molar-refractivity contribution >= 4 is 0 Å². The summed E-state index contributed by atoms with van der Waals surface area (Å²) in [6.45, 7) is 6.22. The third kappa shape index (κ3) is 4.88. The molecule has 0 saturated heterocycles. The van der Waals surface area contributed by atoms with E-state index in [0.717, 1.165) is 56.3 Å². The predicted molar refractivity (Wildman–Crippen MR) is 118 cm³/mol. The summed E-state index contributed by atoms with van der Waals surface area (Å²) in [4.78, 5) is 0. The van der Waals surface area contributed by atoms with E-state index in [2.05, 4.69) is 19.6 Å². The smallest absolute Gasteiger partial charge is 0.125 e. The standard InChI is InChI=1S/C27H40F2/c1-3-19-6-10-20(11-7-19)21-12-14-22(15-13-21)24-16-25(28)27(26(29)17-24)23-8-4-18(2)5-9-23/h3,16,18-24H,1,4-15,17H2,2H3. The van der Waals surface area contributed by atoms with Crippen LogP contribution in [-0.4, -0.2) is 0 Å². The van der Waals surface area contributed by atoms with Gasteiger partial charge in [0.2, 0.25) is 0 Å². The summed E-state index contributed by atoms with van der Waals surface area (Å²) in [6, 6.07) is 0. The summed E-state index contributed by atoms with van der Waals surface area (Å²) in [5.41, 5.74) is 0.445. The summed E-state index contributed by atoms with van der Waals surface area (Å²) < 4.78 is 30.0. The Hall–Kier alpha value is -0.920. The molecule has 1 atom stereocenters. The Morgan fingerprint density at radius 1 is 0.793 bits per heavy atom. The molecule has 0 aromatic rings. The van der Waals surface area contributed by atoms with E-state index >= 15 is 4.39 Å². The Morgan fingerprint density at radius 2 is 1.34 bits per heavy atom. The first-order chi connectivity index (χ1) is 14.0. The Labute approximate surface area is 176 Å². The molecule has 0 nitrogen and oxygen atoms in total. The van der Waals surface area contributed by atoms with Crippen LogP contribution >= 0.6 is 0 Å². The molecule has 2 heteroatoms. The highest BCUT2D eigenvalue weighted by atomic mass is 19.1. The van der Waals surface area contributed by atoms with Gasteiger partial charge in [-0.15, -0.1) is 6.58 Å². The van der Waals surface area contributed by atoms with Crippen LogP contribution in [0.2, 0.25) is 0 Å². The zero-order valence-corrected chi connectivity index (χ0v) is 18.4. The molecule has 4 rings (SSSR count). The highest BCUT2D eigenvalue weighted by molar-refractivity contribution is 5.35. The van der Waals surface area contributed by atoms with E-state index in [1.165, 1.54) is 38.5 Å².